The van der Waals surface area contributed by atoms with Gasteiger partial charge in [-0.2, -0.15) is 0 Å². The maximum atomic E-state index is 12.4. The normalized spacial score (nSPS) is 10.7. The molecular weight excluding hydrogens is 368 g/mol. The van der Waals surface area contributed by atoms with Crippen LogP contribution in [-0.4, -0.2) is 17.6 Å². The molecule has 0 aliphatic rings. The van der Waals surface area contributed by atoms with Gasteiger partial charge in [0.05, 0.1) is 6.61 Å². The molecule has 0 saturated heterocycles. The van der Waals surface area contributed by atoms with Crippen LogP contribution >= 0.6 is 12.2 Å². The predicted molar refractivity (Wildman–Crippen MR) is 119 cm³/mol. The lowest BCUT2D eigenvalue weighted by Gasteiger charge is -2.11. The lowest BCUT2D eigenvalue weighted by Crippen LogP contribution is -2.34. The molecule has 0 spiro atoms. The van der Waals surface area contributed by atoms with E-state index < -0.39 is 0 Å². The number of hydrogen-bond donors (Lipinski definition) is 2. The summed E-state index contributed by atoms with van der Waals surface area (Å²) in [5, 5.41) is 8.29. The zero-order valence-electron chi connectivity index (χ0n) is 16.1. The van der Waals surface area contributed by atoms with Gasteiger partial charge in [-0.05, 0) is 71.7 Å². The summed E-state index contributed by atoms with van der Waals surface area (Å²) < 4.78 is 5.68. The van der Waals surface area contributed by atoms with Gasteiger partial charge in [0.25, 0.3) is 5.91 Å². The monoisotopic (exact) mass is 392 g/mol. The van der Waals surface area contributed by atoms with Gasteiger partial charge >= 0.3 is 0 Å². The fourth-order valence-electron chi connectivity index (χ4n) is 2.72. The number of thiocarbonyl (C=S) groups is 1. The summed E-state index contributed by atoms with van der Waals surface area (Å²) in [5.74, 6) is 1.10. The van der Waals surface area contributed by atoms with Crippen LogP contribution in [0.15, 0.2) is 66.7 Å². The number of nitrogens with one attached hydrogen (secondary N) is 2. The third-order valence-corrected chi connectivity index (χ3v) is 4.52. The number of carbonyl (C=O) groups is 1. The van der Waals surface area contributed by atoms with Crippen LogP contribution in [0.4, 0.5) is 5.69 Å². The van der Waals surface area contributed by atoms with Gasteiger partial charge in [0.1, 0.15) is 5.75 Å². The van der Waals surface area contributed by atoms with Gasteiger partial charge in [0.15, 0.2) is 5.11 Å². The molecule has 0 atom stereocenters. The smallest absolute Gasteiger partial charge is 0.257 e. The molecule has 0 unspecified atom stereocenters. The van der Waals surface area contributed by atoms with E-state index in [1.54, 1.807) is 24.3 Å². The molecule has 0 radical (unpaired) electrons. The van der Waals surface area contributed by atoms with Crippen molar-refractivity contribution in [3.8, 4) is 5.75 Å². The molecular formula is C23H24N2O2S. The quantitative estimate of drug-likeness (QED) is 0.552. The molecule has 5 heteroatoms. The Hall–Kier alpha value is -2.92. The molecule has 3 aromatic rings. The van der Waals surface area contributed by atoms with E-state index in [9.17, 15) is 4.79 Å². The van der Waals surface area contributed by atoms with E-state index in [2.05, 4.69) is 30.5 Å². The van der Waals surface area contributed by atoms with Crippen molar-refractivity contribution in [2.24, 2.45) is 5.92 Å². The average Bonchev–Trinajstić information content (AvgIpc) is 2.68. The van der Waals surface area contributed by atoms with E-state index in [4.69, 9.17) is 17.0 Å². The Balaban J connectivity index is 1.55. The molecule has 1 amide bonds. The second kappa shape index (κ2) is 9.33. The fraction of sp³-hybridized carbons (Fsp3) is 0.217. The van der Waals surface area contributed by atoms with Gasteiger partial charge in [-0.25, -0.2) is 0 Å². The van der Waals surface area contributed by atoms with Crippen molar-refractivity contribution >= 4 is 39.7 Å². The Morgan fingerprint density at radius 3 is 2.43 bits per heavy atom. The van der Waals surface area contributed by atoms with Gasteiger partial charge < -0.3 is 10.1 Å². The van der Waals surface area contributed by atoms with Gasteiger partial charge in [-0.1, -0.05) is 44.2 Å². The van der Waals surface area contributed by atoms with Crippen LogP contribution < -0.4 is 15.4 Å². The summed E-state index contributed by atoms with van der Waals surface area (Å²) in [6.07, 6.45) is 0.997. The third kappa shape index (κ3) is 5.54. The van der Waals surface area contributed by atoms with E-state index in [1.165, 1.54) is 0 Å². The molecule has 0 bridgehead atoms. The van der Waals surface area contributed by atoms with Crippen LogP contribution in [0.5, 0.6) is 5.75 Å². The molecule has 2 N–H and O–H groups in total. The summed E-state index contributed by atoms with van der Waals surface area (Å²) >= 11 is 5.27. The standard InChI is InChI=1S/C23H24N2O2S/c1-16(2)13-14-27-21-11-8-18(9-12-21)22(26)25-23(28)24-20-10-7-17-5-3-4-6-19(17)15-20/h3-12,15-16H,13-14H2,1-2H3,(H2,24,25,26,28). The topological polar surface area (TPSA) is 50.4 Å². The maximum Gasteiger partial charge on any atom is 0.257 e. The highest BCUT2D eigenvalue weighted by Gasteiger charge is 2.09. The van der Waals surface area contributed by atoms with Crippen molar-refractivity contribution in [2.45, 2.75) is 20.3 Å². The Labute approximate surface area is 170 Å². The van der Waals surface area contributed by atoms with E-state index in [1.807, 2.05) is 36.4 Å². The van der Waals surface area contributed by atoms with Crippen LogP contribution in [0, 0.1) is 5.92 Å². The minimum atomic E-state index is -0.257. The SMILES string of the molecule is CC(C)CCOc1ccc(C(=O)NC(=S)Nc2ccc3ccccc3c2)cc1. The Kier molecular flexibility index (Phi) is 6.61. The molecule has 0 heterocycles. The summed E-state index contributed by atoms with van der Waals surface area (Å²) in [6.45, 7) is 4.99. The number of amides is 1. The molecule has 3 rings (SSSR count). The first-order valence-electron chi connectivity index (χ1n) is 9.35. The average molecular weight is 393 g/mol. The molecule has 0 saturated carbocycles. The first-order valence-corrected chi connectivity index (χ1v) is 9.76. The lowest BCUT2D eigenvalue weighted by molar-refractivity contribution is 0.0977. The summed E-state index contributed by atoms with van der Waals surface area (Å²) in [6, 6.07) is 21.1. The lowest BCUT2D eigenvalue weighted by atomic mass is 10.1. The molecule has 144 valence electrons. The second-order valence-corrected chi connectivity index (χ2v) is 7.43. The van der Waals surface area contributed by atoms with E-state index in [0.29, 0.717) is 18.1 Å². The van der Waals surface area contributed by atoms with Crippen LogP contribution in [0.2, 0.25) is 0 Å². The molecule has 0 aliphatic heterocycles. The number of rotatable bonds is 6. The van der Waals surface area contributed by atoms with Crippen molar-refractivity contribution < 1.29 is 9.53 Å². The highest BCUT2D eigenvalue weighted by Crippen LogP contribution is 2.19. The first-order chi connectivity index (χ1) is 13.5. The maximum absolute atomic E-state index is 12.4. The number of anilines is 1. The molecule has 4 nitrogen and oxygen atoms in total. The van der Waals surface area contributed by atoms with Crippen LogP contribution in [0.1, 0.15) is 30.6 Å². The number of benzene rings is 3. The number of hydrogen-bond acceptors (Lipinski definition) is 3. The van der Waals surface area contributed by atoms with Crippen LogP contribution in [0.25, 0.3) is 10.8 Å². The van der Waals surface area contributed by atoms with Gasteiger partial charge in [-0.15, -0.1) is 0 Å². The van der Waals surface area contributed by atoms with Crippen LogP contribution in [-0.2, 0) is 0 Å². The second-order valence-electron chi connectivity index (χ2n) is 7.03. The Morgan fingerprint density at radius 2 is 1.71 bits per heavy atom. The van der Waals surface area contributed by atoms with Crippen LogP contribution in [0.3, 0.4) is 0 Å². The largest absolute Gasteiger partial charge is 0.494 e. The third-order valence-electron chi connectivity index (χ3n) is 4.31. The van der Waals surface area contributed by atoms with Gasteiger partial charge in [0, 0.05) is 11.3 Å². The molecule has 0 fully saturated rings. The zero-order valence-corrected chi connectivity index (χ0v) is 16.9. The number of carbonyl (C=O) groups excluding carboxylic acids is 1. The van der Waals surface area contributed by atoms with Crippen molar-refractivity contribution in [1.82, 2.24) is 5.32 Å². The van der Waals surface area contributed by atoms with E-state index in [-0.39, 0.29) is 11.0 Å². The summed E-state index contributed by atoms with van der Waals surface area (Å²) in [7, 11) is 0. The molecule has 3 aromatic carbocycles. The van der Waals surface area contributed by atoms with Crippen molar-refractivity contribution in [1.29, 1.82) is 0 Å². The highest BCUT2D eigenvalue weighted by molar-refractivity contribution is 7.80. The molecule has 0 aliphatic carbocycles. The fourth-order valence-corrected chi connectivity index (χ4v) is 2.93. The van der Waals surface area contributed by atoms with Crippen molar-refractivity contribution in [3.63, 3.8) is 0 Å². The number of ether oxygens (including phenoxy) is 1. The highest BCUT2D eigenvalue weighted by atomic mass is 32.1. The van der Waals surface area contributed by atoms with Gasteiger partial charge in [-0.3, -0.25) is 10.1 Å². The summed E-state index contributed by atoms with van der Waals surface area (Å²) in [4.78, 5) is 12.4. The van der Waals surface area contributed by atoms with E-state index in [0.717, 1.165) is 28.6 Å². The predicted octanol–water partition coefficient (Wildman–Crippen LogP) is 5.39. The van der Waals surface area contributed by atoms with Crippen molar-refractivity contribution in [3.05, 3.63) is 72.3 Å². The molecule has 28 heavy (non-hydrogen) atoms. The van der Waals surface area contributed by atoms with E-state index >= 15 is 0 Å². The van der Waals surface area contributed by atoms with Gasteiger partial charge in [0.2, 0.25) is 0 Å². The minimum Gasteiger partial charge on any atom is -0.494 e. The Bertz CT molecular complexity index is 968. The number of fused-ring (bicyclic) bond motifs is 1. The zero-order chi connectivity index (χ0) is 19.9. The Morgan fingerprint density at radius 1 is 1.00 bits per heavy atom. The van der Waals surface area contributed by atoms with Crippen molar-refractivity contribution in [2.75, 3.05) is 11.9 Å². The molecule has 0 aromatic heterocycles. The summed E-state index contributed by atoms with van der Waals surface area (Å²) in [5.41, 5.74) is 1.36. The first kappa shape index (κ1) is 19.8. The minimum absolute atomic E-state index is 0.257.